The summed E-state index contributed by atoms with van der Waals surface area (Å²) in [6.45, 7) is 1.90. The Bertz CT molecular complexity index is 583. The normalized spacial score (nSPS) is 11.1. The van der Waals surface area contributed by atoms with Gasteiger partial charge in [-0.1, -0.05) is 6.92 Å². The molecule has 0 atom stereocenters. The average molecular weight is 301 g/mol. The lowest BCUT2D eigenvalue weighted by atomic mass is 10.2. The smallest absolute Gasteiger partial charge is 0.354 e. The van der Waals surface area contributed by atoms with Crippen LogP contribution in [0, 0.1) is 0 Å². The second-order valence-electron chi connectivity index (χ2n) is 3.81. The highest BCUT2D eigenvalue weighted by Crippen LogP contribution is 2.00. The summed E-state index contributed by atoms with van der Waals surface area (Å²) in [6.07, 6.45) is 1.12. The largest absolute Gasteiger partial charge is 0.477 e. The molecule has 0 fully saturated rings. The third-order valence-corrected chi connectivity index (χ3v) is 3.74. The van der Waals surface area contributed by atoms with Gasteiger partial charge in [-0.05, 0) is 12.1 Å². The first-order valence-corrected chi connectivity index (χ1v) is 7.46. The lowest BCUT2D eigenvalue weighted by molar-refractivity contribution is 0.0689. The monoisotopic (exact) mass is 301 g/mol. The second kappa shape index (κ2) is 6.96. The summed E-state index contributed by atoms with van der Waals surface area (Å²) < 4.78 is 25.0. The van der Waals surface area contributed by atoms with Gasteiger partial charge in [-0.2, -0.15) is 0 Å². The molecule has 0 bridgehead atoms. The summed E-state index contributed by atoms with van der Waals surface area (Å²) in [5.74, 6) is -1.93. The highest BCUT2D eigenvalue weighted by molar-refractivity contribution is 7.89. The van der Waals surface area contributed by atoms with E-state index in [2.05, 4.69) is 15.0 Å². The van der Waals surface area contributed by atoms with Gasteiger partial charge in [-0.3, -0.25) is 4.79 Å². The Morgan fingerprint density at radius 2 is 2.05 bits per heavy atom. The number of carboxylic acids is 1. The quantitative estimate of drug-likeness (QED) is 0.620. The number of aromatic carboxylic acids is 1. The molecule has 0 saturated carbocycles. The topological polar surface area (TPSA) is 125 Å². The molecule has 1 aromatic rings. The predicted octanol–water partition coefficient (Wildman–Crippen LogP) is -0.551. The molecule has 110 valence electrons. The Hall–Kier alpha value is -2.00. The van der Waals surface area contributed by atoms with Gasteiger partial charge in [0.25, 0.3) is 5.91 Å². The Morgan fingerprint density at radius 3 is 2.55 bits per heavy atom. The fourth-order valence-corrected chi connectivity index (χ4v) is 2.30. The van der Waals surface area contributed by atoms with Gasteiger partial charge in [0.05, 0.1) is 11.3 Å². The van der Waals surface area contributed by atoms with Gasteiger partial charge in [0, 0.05) is 19.3 Å². The first-order valence-electron chi connectivity index (χ1n) is 5.80. The predicted molar refractivity (Wildman–Crippen MR) is 71.0 cm³/mol. The third kappa shape index (κ3) is 4.94. The molecule has 9 heteroatoms. The molecule has 0 aliphatic rings. The van der Waals surface area contributed by atoms with Gasteiger partial charge in [0.15, 0.2) is 0 Å². The van der Waals surface area contributed by atoms with Crippen molar-refractivity contribution in [2.45, 2.75) is 6.92 Å². The van der Waals surface area contributed by atoms with Crippen molar-refractivity contribution in [3.8, 4) is 0 Å². The number of carboxylic acid groups (broad SMARTS) is 1. The highest BCUT2D eigenvalue weighted by Gasteiger charge is 2.11. The summed E-state index contributed by atoms with van der Waals surface area (Å²) in [7, 11) is -3.39. The number of nitrogens with zero attached hydrogens (tertiary/aromatic N) is 1. The van der Waals surface area contributed by atoms with Crippen molar-refractivity contribution in [2.24, 2.45) is 0 Å². The molecule has 1 heterocycles. The van der Waals surface area contributed by atoms with E-state index in [0.29, 0.717) is 0 Å². The standard InChI is InChI=1S/C11H15N3O5S/c1-2-14-20(18,19)6-5-12-10(15)8-3-4-9(11(16)17)13-7-8/h3-4,7,14H,2,5-6H2,1H3,(H,12,15)(H,16,17). The van der Waals surface area contributed by atoms with Crippen molar-refractivity contribution < 1.29 is 23.1 Å². The maximum Gasteiger partial charge on any atom is 0.354 e. The van der Waals surface area contributed by atoms with E-state index in [1.807, 2.05) is 0 Å². The highest BCUT2D eigenvalue weighted by atomic mass is 32.2. The molecular formula is C11H15N3O5S. The number of hydrogen-bond acceptors (Lipinski definition) is 5. The molecule has 0 aliphatic carbocycles. The molecular weight excluding hydrogens is 286 g/mol. The Kier molecular flexibility index (Phi) is 5.59. The summed E-state index contributed by atoms with van der Waals surface area (Å²) in [5, 5.41) is 11.1. The Balaban J connectivity index is 2.53. The van der Waals surface area contributed by atoms with Gasteiger partial charge in [-0.15, -0.1) is 0 Å². The SMILES string of the molecule is CCNS(=O)(=O)CCNC(=O)c1ccc(C(=O)O)nc1. The minimum absolute atomic E-state index is 0.0468. The van der Waals surface area contributed by atoms with E-state index in [9.17, 15) is 18.0 Å². The number of aromatic nitrogens is 1. The molecule has 8 nitrogen and oxygen atoms in total. The zero-order valence-corrected chi connectivity index (χ0v) is 11.6. The molecule has 0 unspecified atom stereocenters. The van der Waals surface area contributed by atoms with Crippen LogP contribution in [0.4, 0.5) is 0 Å². The number of carbonyl (C=O) groups is 2. The van der Waals surface area contributed by atoms with E-state index in [1.165, 1.54) is 12.1 Å². The van der Waals surface area contributed by atoms with E-state index in [0.717, 1.165) is 6.20 Å². The summed E-state index contributed by atoms with van der Waals surface area (Å²) >= 11 is 0. The van der Waals surface area contributed by atoms with Crippen LogP contribution < -0.4 is 10.0 Å². The molecule has 0 spiro atoms. The maximum atomic E-state index is 11.7. The minimum Gasteiger partial charge on any atom is -0.477 e. The fourth-order valence-electron chi connectivity index (χ4n) is 1.35. The van der Waals surface area contributed by atoms with E-state index < -0.39 is 21.9 Å². The number of rotatable bonds is 7. The van der Waals surface area contributed by atoms with Crippen LogP contribution in [0.1, 0.15) is 27.8 Å². The lowest BCUT2D eigenvalue weighted by Gasteiger charge is -2.06. The number of sulfonamides is 1. The van der Waals surface area contributed by atoms with Crippen molar-refractivity contribution in [2.75, 3.05) is 18.8 Å². The third-order valence-electron chi connectivity index (χ3n) is 2.27. The molecule has 3 N–H and O–H groups in total. The van der Waals surface area contributed by atoms with Crippen LogP contribution in [0.25, 0.3) is 0 Å². The van der Waals surface area contributed by atoms with Gasteiger partial charge >= 0.3 is 5.97 Å². The van der Waals surface area contributed by atoms with Gasteiger partial charge in [0.2, 0.25) is 10.0 Å². The zero-order chi connectivity index (χ0) is 15.2. The molecule has 0 aromatic carbocycles. The Morgan fingerprint density at radius 1 is 1.35 bits per heavy atom. The van der Waals surface area contributed by atoms with Crippen LogP contribution in [0.5, 0.6) is 0 Å². The molecule has 0 aliphatic heterocycles. The summed E-state index contributed by atoms with van der Waals surface area (Å²) in [5.41, 5.74) is -0.00729. The number of nitrogens with one attached hydrogen (secondary N) is 2. The summed E-state index contributed by atoms with van der Waals surface area (Å²) in [6, 6.07) is 2.51. The molecule has 0 radical (unpaired) electrons. The molecule has 1 amide bonds. The minimum atomic E-state index is -3.39. The second-order valence-corrected chi connectivity index (χ2v) is 5.74. The van der Waals surface area contributed by atoms with Crippen LogP contribution >= 0.6 is 0 Å². The summed E-state index contributed by atoms with van der Waals surface area (Å²) in [4.78, 5) is 25.8. The molecule has 0 saturated heterocycles. The zero-order valence-electron chi connectivity index (χ0n) is 10.8. The van der Waals surface area contributed by atoms with E-state index in [-0.39, 0.29) is 30.1 Å². The van der Waals surface area contributed by atoms with E-state index in [1.54, 1.807) is 6.92 Å². The Labute approximate surface area is 116 Å². The van der Waals surface area contributed by atoms with Crippen LogP contribution in [0.2, 0.25) is 0 Å². The fraction of sp³-hybridized carbons (Fsp3) is 0.364. The first-order chi connectivity index (χ1) is 9.35. The molecule has 1 aromatic heterocycles. The van der Waals surface area contributed by atoms with Crippen molar-refractivity contribution in [3.05, 3.63) is 29.6 Å². The van der Waals surface area contributed by atoms with Crippen LogP contribution in [-0.2, 0) is 10.0 Å². The average Bonchev–Trinajstić information content (AvgIpc) is 2.38. The maximum absolute atomic E-state index is 11.7. The van der Waals surface area contributed by atoms with Gasteiger partial charge in [-0.25, -0.2) is 22.9 Å². The van der Waals surface area contributed by atoms with Gasteiger partial charge < -0.3 is 10.4 Å². The molecule has 20 heavy (non-hydrogen) atoms. The number of amides is 1. The number of hydrogen-bond donors (Lipinski definition) is 3. The lowest BCUT2D eigenvalue weighted by Crippen LogP contribution is -2.34. The number of carbonyl (C=O) groups excluding carboxylic acids is 1. The number of pyridine rings is 1. The van der Waals surface area contributed by atoms with E-state index >= 15 is 0 Å². The van der Waals surface area contributed by atoms with Crippen molar-refractivity contribution in [1.29, 1.82) is 0 Å². The van der Waals surface area contributed by atoms with Crippen LogP contribution in [0.15, 0.2) is 18.3 Å². The van der Waals surface area contributed by atoms with Crippen molar-refractivity contribution in [1.82, 2.24) is 15.0 Å². The first kappa shape index (κ1) is 16.1. The molecule has 1 rings (SSSR count). The van der Waals surface area contributed by atoms with Crippen molar-refractivity contribution in [3.63, 3.8) is 0 Å². The van der Waals surface area contributed by atoms with E-state index in [4.69, 9.17) is 5.11 Å². The van der Waals surface area contributed by atoms with Crippen LogP contribution in [-0.4, -0.2) is 49.2 Å². The van der Waals surface area contributed by atoms with Crippen LogP contribution in [0.3, 0.4) is 0 Å². The van der Waals surface area contributed by atoms with Gasteiger partial charge in [0.1, 0.15) is 5.69 Å². The van der Waals surface area contributed by atoms with Crippen molar-refractivity contribution >= 4 is 21.9 Å².